The number of pyridine rings is 1. The summed E-state index contributed by atoms with van der Waals surface area (Å²) in [7, 11) is 0. The lowest BCUT2D eigenvalue weighted by molar-refractivity contribution is 1.10. The molecule has 3 aromatic heterocycles. The summed E-state index contributed by atoms with van der Waals surface area (Å²) in [5.74, 6) is 2.15. The Morgan fingerprint density at radius 3 is 2.90 bits per heavy atom. The summed E-state index contributed by atoms with van der Waals surface area (Å²) in [6, 6.07) is 6.19. The highest BCUT2D eigenvalue weighted by Gasteiger charge is 2.23. The Morgan fingerprint density at radius 2 is 2.10 bits per heavy atom. The van der Waals surface area contributed by atoms with Crippen LogP contribution < -0.4 is 10.6 Å². The van der Waals surface area contributed by atoms with Crippen molar-refractivity contribution in [3.63, 3.8) is 0 Å². The SMILES string of the molecule is c1ccc(Nc2nc3ncnc(NC4CC4)c3[nH]2)nc1. The fourth-order valence-electron chi connectivity index (χ4n) is 1.98. The third-order valence-corrected chi connectivity index (χ3v) is 3.12. The molecule has 1 aliphatic rings. The second kappa shape index (κ2) is 4.44. The van der Waals surface area contributed by atoms with E-state index in [0.717, 1.165) is 17.2 Å². The number of imidazole rings is 1. The van der Waals surface area contributed by atoms with Crippen molar-refractivity contribution in [1.29, 1.82) is 0 Å². The van der Waals surface area contributed by atoms with Crippen molar-refractivity contribution < 1.29 is 0 Å². The van der Waals surface area contributed by atoms with E-state index in [1.54, 1.807) is 6.20 Å². The van der Waals surface area contributed by atoms with Crippen molar-refractivity contribution in [2.45, 2.75) is 18.9 Å². The largest absolute Gasteiger partial charge is 0.365 e. The molecule has 1 aliphatic carbocycles. The number of fused-ring (bicyclic) bond motifs is 1. The third-order valence-electron chi connectivity index (χ3n) is 3.12. The van der Waals surface area contributed by atoms with Gasteiger partial charge < -0.3 is 15.6 Å². The number of nitrogens with one attached hydrogen (secondary N) is 3. The molecule has 7 heteroatoms. The summed E-state index contributed by atoms with van der Waals surface area (Å²) in [4.78, 5) is 20.2. The zero-order valence-corrected chi connectivity index (χ0v) is 10.7. The van der Waals surface area contributed by atoms with Gasteiger partial charge in [0, 0.05) is 12.2 Å². The summed E-state index contributed by atoms with van der Waals surface area (Å²) < 4.78 is 0. The van der Waals surface area contributed by atoms with Crippen molar-refractivity contribution in [3.05, 3.63) is 30.7 Å². The van der Waals surface area contributed by atoms with Gasteiger partial charge >= 0.3 is 0 Å². The molecule has 3 aromatic rings. The van der Waals surface area contributed by atoms with Crippen LogP contribution in [0.1, 0.15) is 12.8 Å². The van der Waals surface area contributed by atoms with Gasteiger partial charge in [-0.2, -0.15) is 4.98 Å². The molecule has 20 heavy (non-hydrogen) atoms. The number of H-pyrrole nitrogens is 1. The summed E-state index contributed by atoms with van der Waals surface area (Å²) in [6.07, 6.45) is 5.64. The van der Waals surface area contributed by atoms with Gasteiger partial charge in [-0.1, -0.05) is 6.07 Å². The normalized spacial score (nSPS) is 14.4. The summed E-state index contributed by atoms with van der Waals surface area (Å²) in [6.45, 7) is 0. The fourth-order valence-corrected chi connectivity index (χ4v) is 1.98. The third kappa shape index (κ3) is 2.13. The second-order valence-electron chi connectivity index (χ2n) is 4.76. The fraction of sp³-hybridized carbons (Fsp3) is 0.231. The van der Waals surface area contributed by atoms with E-state index < -0.39 is 0 Å². The van der Waals surface area contributed by atoms with E-state index in [0.29, 0.717) is 17.6 Å². The van der Waals surface area contributed by atoms with Crippen LogP contribution in [0.5, 0.6) is 0 Å². The predicted octanol–water partition coefficient (Wildman–Crippen LogP) is 2.07. The molecule has 0 amide bonds. The first-order valence-electron chi connectivity index (χ1n) is 6.54. The maximum Gasteiger partial charge on any atom is 0.208 e. The minimum atomic E-state index is 0.531. The van der Waals surface area contributed by atoms with Crippen LogP contribution in [0.2, 0.25) is 0 Å². The zero-order valence-electron chi connectivity index (χ0n) is 10.7. The van der Waals surface area contributed by atoms with Crippen molar-refractivity contribution in [2.24, 2.45) is 0 Å². The van der Waals surface area contributed by atoms with Gasteiger partial charge in [-0.05, 0) is 25.0 Å². The summed E-state index contributed by atoms with van der Waals surface area (Å²) >= 11 is 0. The molecule has 4 rings (SSSR count). The number of aromatic nitrogens is 5. The van der Waals surface area contributed by atoms with E-state index in [4.69, 9.17) is 0 Å². The average molecular weight is 267 g/mol. The van der Waals surface area contributed by atoms with E-state index in [1.807, 2.05) is 18.2 Å². The monoisotopic (exact) mass is 267 g/mol. The lowest BCUT2D eigenvalue weighted by atomic mass is 10.5. The van der Waals surface area contributed by atoms with Crippen LogP contribution in [0.4, 0.5) is 17.6 Å². The smallest absolute Gasteiger partial charge is 0.208 e. The van der Waals surface area contributed by atoms with Gasteiger partial charge in [-0.25, -0.2) is 15.0 Å². The number of anilines is 3. The molecule has 1 fully saturated rings. The van der Waals surface area contributed by atoms with Crippen LogP contribution in [0.15, 0.2) is 30.7 Å². The molecule has 1 saturated carbocycles. The van der Waals surface area contributed by atoms with Gasteiger partial charge in [0.1, 0.15) is 17.7 Å². The number of rotatable bonds is 4. The van der Waals surface area contributed by atoms with Crippen molar-refractivity contribution in [1.82, 2.24) is 24.9 Å². The molecule has 7 nitrogen and oxygen atoms in total. The van der Waals surface area contributed by atoms with Gasteiger partial charge in [0.25, 0.3) is 0 Å². The first kappa shape index (κ1) is 11.2. The molecular formula is C13H13N7. The molecule has 0 aromatic carbocycles. The molecule has 0 atom stereocenters. The lowest BCUT2D eigenvalue weighted by Crippen LogP contribution is -2.03. The summed E-state index contributed by atoms with van der Waals surface area (Å²) in [5, 5.41) is 6.49. The Labute approximate surface area is 114 Å². The first-order valence-corrected chi connectivity index (χ1v) is 6.54. The molecular weight excluding hydrogens is 254 g/mol. The molecule has 0 unspecified atom stereocenters. The highest BCUT2D eigenvalue weighted by Crippen LogP contribution is 2.27. The Kier molecular flexibility index (Phi) is 2.48. The Morgan fingerprint density at radius 1 is 1.15 bits per heavy atom. The van der Waals surface area contributed by atoms with E-state index in [9.17, 15) is 0 Å². The van der Waals surface area contributed by atoms with Gasteiger partial charge in [0.05, 0.1) is 0 Å². The Bertz CT molecular complexity index is 733. The highest BCUT2D eigenvalue weighted by molar-refractivity contribution is 5.84. The molecule has 3 N–H and O–H groups in total. The van der Waals surface area contributed by atoms with E-state index >= 15 is 0 Å². The maximum absolute atomic E-state index is 4.40. The van der Waals surface area contributed by atoms with Crippen LogP contribution in [-0.2, 0) is 0 Å². The van der Waals surface area contributed by atoms with Crippen LogP contribution in [0.25, 0.3) is 11.2 Å². The van der Waals surface area contributed by atoms with Crippen molar-refractivity contribution in [3.8, 4) is 0 Å². The maximum atomic E-state index is 4.40. The standard InChI is InChI=1S/C13H13N7/c1-2-6-14-9(3-1)18-13-19-10-11(17-8-4-5-8)15-7-16-12(10)20-13/h1-3,6-8H,4-5H2,(H3,14,15,16,17,18,19,20). The van der Waals surface area contributed by atoms with Crippen LogP contribution in [-0.4, -0.2) is 31.0 Å². The predicted molar refractivity (Wildman–Crippen MR) is 75.8 cm³/mol. The van der Waals surface area contributed by atoms with E-state index in [1.165, 1.54) is 19.2 Å². The topological polar surface area (TPSA) is 91.4 Å². The van der Waals surface area contributed by atoms with Gasteiger partial charge in [0.2, 0.25) is 5.95 Å². The minimum absolute atomic E-state index is 0.531. The number of hydrogen-bond donors (Lipinski definition) is 3. The number of hydrogen-bond acceptors (Lipinski definition) is 6. The van der Waals surface area contributed by atoms with E-state index in [-0.39, 0.29) is 0 Å². The molecule has 0 aliphatic heterocycles. The minimum Gasteiger partial charge on any atom is -0.365 e. The number of aromatic amines is 1. The zero-order chi connectivity index (χ0) is 13.4. The number of nitrogens with zero attached hydrogens (tertiary/aromatic N) is 4. The molecule has 0 radical (unpaired) electrons. The molecule has 0 spiro atoms. The Balaban J connectivity index is 1.67. The first-order chi connectivity index (χ1) is 9.88. The second-order valence-corrected chi connectivity index (χ2v) is 4.76. The van der Waals surface area contributed by atoms with Crippen molar-refractivity contribution >= 4 is 28.7 Å². The Hall–Kier alpha value is -2.70. The van der Waals surface area contributed by atoms with Gasteiger partial charge in [-0.3, -0.25) is 0 Å². The quantitative estimate of drug-likeness (QED) is 0.670. The van der Waals surface area contributed by atoms with Crippen LogP contribution >= 0.6 is 0 Å². The van der Waals surface area contributed by atoms with Gasteiger partial charge in [0.15, 0.2) is 11.5 Å². The highest BCUT2D eigenvalue weighted by atomic mass is 15.2. The molecule has 3 heterocycles. The van der Waals surface area contributed by atoms with Crippen LogP contribution in [0.3, 0.4) is 0 Å². The molecule has 0 saturated heterocycles. The molecule has 0 bridgehead atoms. The van der Waals surface area contributed by atoms with Gasteiger partial charge in [-0.15, -0.1) is 0 Å². The lowest BCUT2D eigenvalue weighted by Gasteiger charge is -2.02. The average Bonchev–Trinajstić information content (AvgIpc) is 3.18. The molecule has 100 valence electrons. The van der Waals surface area contributed by atoms with E-state index in [2.05, 4.69) is 35.6 Å². The van der Waals surface area contributed by atoms with Crippen molar-refractivity contribution in [2.75, 3.05) is 10.6 Å². The summed E-state index contributed by atoms with van der Waals surface area (Å²) in [5.41, 5.74) is 1.46. The van der Waals surface area contributed by atoms with Crippen LogP contribution in [0, 0.1) is 0 Å².